The highest BCUT2D eigenvalue weighted by Crippen LogP contribution is 2.02. The Kier molecular flexibility index (Phi) is 8.91. The molecule has 1 atom stereocenters. The number of rotatable bonds is 7. The van der Waals surface area contributed by atoms with Gasteiger partial charge in [-0.3, -0.25) is 4.79 Å². The minimum atomic E-state index is -0.493. The summed E-state index contributed by atoms with van der Waals surface area (Å²) >= 11 is 4.98. The normalized spacial score (nSPS) is 11.3. The Morgan fingerprint density at radius 2 is 1.94 bits per heavy atom. The number of unbranched alkanes of at least 4 members (excludes halogenated alkanes) is 1. The molecule has 2 N–H and O–H groups in total. The maximum absolute atomic E-state index is 11.5. The van der Waals surface area contributed by atoms with Gasteiger partial charge in [-0.05, 0) is 18.6 Å². The van der Waals surface area contributed by atoms with Crippen molar-refractivity contribution in [1.82, 2.24) is 10.6 Å². The molecule has 0 saturated carbocycles. The second-order valence-electron chi connectivity index (χ2n) is 3.62. The van der Waals surface area contributed by atoms with Crippen LogP contribution in [0.15, 0.2) is 0 Å². The standard InChI is InChI=1S/C11H20N2O4S/c1-4-5-6-8(10(15)17-3)13-11(18)12-7-9(14)16-2/h8H,4-7H2,1-3H3,(H2,12,13,18). The summed E-state index contributed by atoms with van der Waals surface area (Å²) in [6.45, 7) is 1.99. The van der Waals surface area contributed by atoms with Crippen molar-refractivity contribution in [3.05, 3.63) is 0 Å². The summed E-state index contributed by atoms with van der Waals surface area (Å²) in [5.41, 5.74) is 0. The molecule has 7 heteroatoms. The van der Waals surface area contributed by atoms with Crippen LogP contribution in [0.2, 0.25) is 0 Å². The van der Waals surface area contributed by atoms with Crippen molar-refractivity contribution < 1.29 is 19.1 Å². The van der Waals surface area contributed by atoms with Crippen molar-refractivity contribution in [1.29, 1.82) is 0 Å². The number of ether oxygens (including phenoxy) is 2. The number of hydrogen-bond acceptors (Lipinski definition) is 5. The Labute approximate surface area is 112 Å². The first kappa shape index (κ1) is 16.6. The lowest BCUT2D eigenvalue weighted by atomic mass is 10.1. The second kappa shape index (κ2) is 9.64. The van der Waals surface area contributed by atoms with Gasteiger partial charge in [0.2, 0.25) is 0 Å². The average molecular weight is 276 g/mol. The third-order valence-corrected chi connectivity index (χ3v) is 2.52. The molecule has 0 spiro atoms. The lowest BCUT2D eigenvalue weighted by Gasteiger charge is -2.18. The minimum Gasteiger partial charge on any atom is -0.468 e. The zero-order chi connectivity index (χ0) is 14.0. The molecular formula is C11H20N2O4S. The van der Waals surface area contributed by atoms with Gasteiger partial charge in [-0.2, -0.15) is 0 Å². The van der Waals surface area contributed by atoms with E-state index in [0.717, 1.165) is 12.8 Å². The Bertz CT molecular complexity index is 297. The van der Waals surface area contributed by atoms with E-state index >= 15 is 0 Å². The highest BCUT2D eigenvalue weighted by molar-refractivity contribution is 7.80. The van der Waals surface area contributed by atoms with Gasteiger partial charge in [0.1, 0.15) is 12.6 Å². The number of hydrogen-bond donors (Lipinski definition) is 2. The molecule has 1 unspecified atom stereocenters. The summed E-state index contributed by atoms with van der Waals surface area (Å²) in [6.07, 6.45) is 2.48. The van der Waals surface area contributed by atoms with Crippen LogP contribution in [-0.4, -0.2) is 43.9 Å². The van der Waals surface area contributed by atoms with Crippen molar-refractivity contribution in [2.75, 3.05) is 20.8 Å². The van der Waals surface area contributed by atoms with Crippen molar-refractivity contribution in [2.24, 2.45) is 0 Å². The molecule has 0 rings (SSSR count). The summed E-state index contributed by atoms with van der Waals surface area (Å²) in [5, 5.41) is 5.71. The molecule has 0 bridgehead atoms. The second-order valence-corrected chi connectivity index (χ2v) is 4.03. The van der Waals surface area contributed by atoms with E-state index in [2.05, 4.69) is 20.1 Å². The highest BCUT2D eigenvalue weighted by Gasteiger charge is 2.19. The van der Waals surface area contributed by atoms with Crippen LogP contribution in [-0.2, 0) is 19.1 Å². The van der Waals surface area contributed by atoms with Gasteiger partial charge in [0.25, 0.3) is 0 Å². The van der Waals surface area contributed by atoms with Crippen LogP contribution in [0.25, 0.3) is 0 Å². The SMILES string of the molecule is CCCCC(NC(=S)NCC(=O)OC)C(=O)OC. The molecule has 0 fully saturated rings. The van der Waals surface area contributed by atoms with Gasteiger partial charge in [0, 0.05) is 0 Å². The lowest BCUT2D eigenvalue weighted by molar-refractivity contribution is -0.142. The van der Waals surface area contributed by atoms with Crippen LogP contribution in [0.5, 0.6) is 0 Å². The minimum absolute atomic E-state index is 0.0377. The molecule has 0 aromatic rings. The summed E-state index contributed by atoms with van der Waals surface area (Å²) in [4.78, 5) is 22.4. The molecule has 104 valence electrons. The molecule has 0 radical (unpaired) electrons. The van der Waals surface area contributed by atoms with Crippen LogP contribution in [0, 0.1) is 0 Å². The van der Waals surface area contributed by atoms with Gasteiger partial charge in [0.15, 0.2) is 5.11 Å². The van der Waals surface area contributed by atoms with Gasteiger partial charge < -0.3 is 20.1 Å². The zero-order valence-corrected chi connectivity index (χ0v) is 11.8. The van der Waals surface area contributed by atoms with E-state index in [1.807, 2.05) is 6.92 Å². The number of methoxy groups -OCH3 is 2. The van der Waals surface area contributed by atoms with Gasteiger partial charge in [0.05, 0.1) is 14.2 Å². The molecule has 0 heterocycles. The third kappa shape index (κ3) is 7.05. The molecule has 0 aliphatic rings. The first-order valence-corrected chi connectivity index (χ1v) is 6.15. The molecule has 18 heavy (non-hydrogen) atoms. The third-order valence-electron chi connectivity index (χ3n) is 2.26. The zero-order valence-electron chi connectivity index (χ0n) is 10.9. The smallest absolute Gasteiger partial charge is 0.328 e. The largest absolute Gasteiger partial charge is 0.468 e. The van der Waals surface area contributed by atoms with Gasteiger partial charge in [-0.1, -0.05) is 19.8 Å². The molecular weight excluding hydrogens is 256 g/mol. The predicted molar refractivity (Wildman–Crippen MR) is 71.1 cm³/mol. The van der Waals surface area contributed by atoms with Gasteiger partial charge >= 0.3 is 11.9 Å². The highest BCUT2D eigenvalue weighted by atomic mass is 32.1. The number of esters is 2. The quantitative estimate of drug-likeness (QED) is 0.513. The fraction of sp³-hybridized carbons (Fsp3) is 0.727. The van der Waals surface area contributed by atoms with E-state index in [4.69, 9.17) is 12.2 Å². The van der Waals surface area contributed by atoms with E-state index in [0.29, 0.717) is 6.42 Å². The maximum atomic E-state index is 11.5. The predicted octanol–water partition coefficient (Wildman–Crippen LogP) is 0.355. The number of carbonyl (C=O) groups is 2. The lowest BCUT2D eigenvalue weighted by Crippen LogP contribution is -2.47. The molecule has 0 saturated heterocycles. The van der Waals surface area contributed by atoms with Gasteiger partial charge in [-0.15, -0.1) is 0 Å². The Balaban J connectivity index is 4.17. The molecule has 0 aliphatic carbocycles. The van der Waals surface area contributed by atoms with Crippen LogP contribution in [0.4, 0.5) is 0 Å². The first-order chi connectivity index (χ1) is 8.54. The Morgan fingerprint density at radius 3 is 2.44 bits per heavy atom. The fourth-order valence-electron chi connectivity index (χ4n) is 1.23. The van der Waals surface area contributed by atoms with Crippen LogP contribution in [0.1, 0.15) is 26.2 Å². The van der Waals surface area contributed by atoms with Crippen LogP contribution >= 0.6 is 12.2 Å². The molecule has 0 aliphatic heterocycles. The summed E-state index contributed by atoms with van der Waals surface area (Å²) < 4.78 is 9.14. The molecule has 6 nitrogen and oxygen atoms in total. The number of nitrogens with one attached hydrogen (secondary N) is 2. The first-order valence-electron chi connectivity index (χ1n) is 5.74. The van der Waals surface area contributed by atoms with E-state index in [-0.39, 0.29) is 17.6 Å². The summed E-state index contributed by atoms with van der Waals surface area (Å²) in [7, 11) is 2.62. The van der Waals surface area contributed by atoms with E-state index in [1.54, 1.807) is 0 Å². The van der Waals surface area contributed by atoms with Crippen LogP contribution in [0.3, 0.4) is 0 Å². The number of thiocarbonyl (C=S) groups is 1. The maximum Gasteiger partial charge on any atom is 0.328 e. The van der Waals surface area contributed by atoms with E-state index in [1.165, 1.54) is 14.2 Å². The van der Waals surface area contributed by atoms with Crippen molar-refractivity contribution in [2.45, 2.75) is 32.2 Å². The van der Waals surface area contributed by atoms with Crippen molar-refractivity contribution in [3.63, 3.8) is 0 Å². The topological polar surface area (TPSA) is 76.7 Å². The van der Waals surface area contributed by atoms with Crippen LogP contribution < -0.4 is 10.6 Å². The number of carbonyl (C=O) groups excluding carboxylic acids is 2. The monoisotopic (exact) mass is 276 g/mol. The summed E-state index contributed by atoms with van der Waals surface area (Å²) in [6, 6.07) is -0.493. The average Bonchev–Trinajstić information content (AvgIpc) is 2.39. The molecule has 0 amide bonds. The molecule has 0 aromatic heterocycles. The summed E-state index contributed by atoms with van der Waals surface area (Å²) in [5.74, 6) is -0.798. The van der Waals surface area contributed by atoms with Gasteiger partial charge in [-0.25, -0.2) is 4.79 Å². The Morgan fingerprint density at radius 1 is 1.28 bits per heavy atom. The van der Waals surface area contributed by atoms with E-state index in [9.17, 15) is 9.59 Å². The molecule has 0 aromatic carbocycles. The van der Waals surface area contributed by atoms with E-state index < -0.39 is 12.0 Å². The van der Waals surface area contributed by atoms with Crippen molar-refractivity contribution >= 4 is 29.3 Å². The fourth-order valence-corrected chi connectivity index (χ4v) is 1.45. The Hall–Kier alpha value is -1.37. The van der Waals surface area contributed by atoms with Crippen molar-refractivity contribution in [3.8, 4) is 0 Å².